The lowest BCUT2D eigenvalue weighted by atomic mass is 9.87. The molecule has 0 saturated carbocycles. The number of hydrogen-bond acceptors (Lipinski definition) is 5. The van der Waals surface area contributed by atoms with Gasteiger partial charge in [0.1, 0.15) is 17.6 Å². The van der Waals surface area contributed by atoms with Crippen LogP contribution >= 0.6 is 11.6 Å². The number of carboxylic acid groups (broad SMARTS) is 1. The summed E-state index contributed by atoms with van der Waals surface area (Å²) < 4.78 is 0. The number of carbonyl (C=O) groups is 2. The van der Waals surface area contributed by atoms with Crippen LogP contribution in [0.3, 0.4) is 0 Å². The standard InChI is InChI=1S/C25H27ClN2O4/c1-14-22(30)21(17-11-18(26)13-19(29)12-17)28-23(14)27-20(9-10-25(2,3)4)15-5-7-16(8-6-15)24(31)32/h5-8,11-13,20,23,27,29H,1,9-10H2,2-4H3,(H,31,32). The molecule has 0 fully saturated rings. The third kappa shape index (κ3) is 5.64. The molecule has 0 radical (unpaired) electrons. The summed E-state index contributed by atoms with van der Waals surface area (Å²) in [7, 11) is 0. The molecule has 0 spiro atoms. The van der Waals surface area contributed by atoms with Gasteiger partial charge in [0.2, 0.25) is 5.78 Å². The molecule has 1 aliphatic heterocycles. The smallest absolute Gasteiger partial charge is 0.335 e. The third-order valence-corrected chi connectivity index (χ3v) is 5.57. The molecule has 0 amide bonds. The molecule has 168 valence electrons. The Morgan fingerprint density at radius 3 is 2.44 bits per heavy atom. The summed E-state index contributed by atoms with van der Waals surface area (Å²) in [5.74, 6) is -1.34. The number of carbonyl (C=O) groups excluding carboxylic acids is 1. The van der Waals surface area contributed by atoms with Crippen LogP contribution in [0, 0.1) is 5.41 Å². The number of aromatic carboxylic acids is 1. The zero-order chi connectivity index (χ0) is 23.6. The van der Waals surface area contributed by atoms with E-state index in [1.807, 2.05) is 0 Å². The van der Waals surface area contributed by atoms with E-state index >= 15 is 0 Å². The first-order valence-corrected chi connectivity index (χ1v) is 10.7. The van der Waals surface area contributed by atoms with Gasteiger partial charge in [0.25, 0.3) is 0 Å². The Bertz CT molecular complexity index is 1060. The minimum atomic E-state index is -0.982. The van der Waals surface area contributed by atoms with Crippen molar-refractivity contribution in [3.8, 4) is 5.75 Å². The summed E-state index contributed by atoms with van der Waals surface area (Å²) in [6.07, 6.45) is 1.02. The molecular weight excluding hydrogens is 428 g/mol. The second kappa shape index (κ2) is 9.27. The number of phenols is 1. The van der Waals surface area contributed by atoms with E-state index < -0.39 is 12.1 Å². The van der Waals surface area contributed by atoms with Crippen molar-refractivity contribution in [3.05, 3.63) is 76.3 Å². The maximum absolute atomic E-state index is 12.8. The van der Waals surface area contributed by atoms with E-state index in [2.05, 4.69) is 37.7 Å². The van der Waals surface area contributed by atoms with Gasteiger partial charge < -0.3 is 10.2 Å². The maximum atomic E-state index is 12.8. The molecule has 6 nitrogen and oxygen atoms in total. The monoisotopic (exact) mass is 454 g/mol. The number of benzene rings is 2. The minimum absolute atomic E-state index is 0.0494. The summed E-state index contributed by atoms with van der Waals surface area (Å²) >= 11 is 6.03. The first-order chi connectivity index (χ1) is 14.9. The average Bonchev–Trinajstić information content (AvgIpc) is 2.98. The number of nitrogens with zero attached hydrogens (tertiary/aromatic N) is 1. The molecule has 0 bridgehead atoms. The van der Waals surface area contributed by atoms with Gasteiger partial charge in [-0.25, -0.2) is 4.79 Å². The Balaban J connectivity index is 1.90. The van der Waals surface area contributed by atoms with Crippen LogP contribution in [0.2, 0.25) is 5.02 Å². The number of Topliss-reactive ketones (excluding diaryl/α,β-unsaturated/α-hetero) is 1. The van der Waals surface area contributed by atoms with E-state index in [9.17, 15) is 19.8 Å². The molecule has 2 atom stereocenters. The Kier molecular flexibility index (Phi) is 6.86. The molecular formula is C25H27ClN2O4. The number of nitrogens with one attached hydrogen (secondary N) is 1. The van der Waals surface area contributed by atoms with Crippen LogP contribution < -0.4 is 5.32 Å². The molecule has 3 rings (SSSR count). The fourth-order valence-corrected chi connectivity index (χ4v) is 3.80. The van der Waals surface area contributed by atoms with Crippen LogP contribution in [0.4, 0.5) is 0 Å². The van der Waals surface area contributed by atoms with Crippen LogP contribution in [0.1, 0.15) is 61.1 Å². The zero-order valence-corrected chi connectivity index (χ0v) is 19.1. The fourth-order valence-electron chi connectivity index (χ4n) is 3.57. The van der Waals surface area contributed by atoms with Gasteiger partial charge in [0.15, 0.2) is 0 Å². The highest BCUT2D eigenvalue weighted by Crippen LogP contribution is 2.31. The van der Waals surface area contributed by atoms with Gasteiger partial charge in [-0.1, -0.05) is 51.1 Å². The Hall–Kier alpha value is -2.96. The van der Waals surface area contributed by atoms with E-state index in [4.69, 9.17) is 11.6 Å². The van der Waals surface area contributed by atoms with Gasteiger partial charge in [-0.3, -0.25) is 15.1 Å². The van der Waals surface area contributed by atoms with Crippen LogP contribution in [-0.4, -0.2) is 33.8 Å². The highest BCUT2D eigenvalue weighted by atomic mass is 35.5. The van der Waals surface area contributed by atoms with Gasteiger partial charge >= 0.3 is 5.97 Å². The molecule has 0 saturated heterocycles. The Labute approximate surface area is 192 Å². The number of halogens is 1. The number of ketones is 1. The predicted molar refractivity (Wildman–Crippen MR) is 126 cm³/mol. The molecule has 0 aromatic heterocycles. The zero-order valence-electron chi connectivity index (χ0n) is 18.4. The van der Waals surface area contributed by atoms with Crippen molar-refractivity contribution in [2.45, 2.75) is 45.8 Å². The van der Waals surface area contributed by atoms with E-state index in [0.29, 0.717) is 16.2 Å². The Morgan fingerprint density at radius 2 is 1.88 bits per heavy atom. The molecule has 1 aliphatic rings. The quantitative estimate of drug-likeness (QED) is 0.502. The van der Waals surface area contributed by atoms with Crippen molar-refractivity contribution in [1.82, 2.24) is 5.32 Å². The van der Waals surface area contributed by atoms with Crippen LogP contribution in [0.15, 0.2) is 59.6 Å². The highest BCUT2D eigenvalue weighted by Gasteiger charge is 2.33. The summed E-state index contributed by atoms with van der Waals surface area (Å²) in [4.78, 5) is 28.6. The first kappa shape index (κ1) is 23.7. The number of hydrogen-bond donors (Lipinski definition) is 3. The van der Waals surface area contributed by atoms with Crippen molar-refractivity contribution >= 4 is 29.1 Å². The van der Waals surface area contributed by atoms with E-state index in [1.165, 1.54) is 12.1 Å². The fraction of sp³-hybridized carbons (Fsp3) is 0.320. The molecule has 2 aromatic rings. The highest BCUT2D eigenvalue weighted by molar-refractivity contribution is 6.53. The number of phenolic OH excluding ortho intramolecular Hbond substituents is 1. The largest absolute Gasteiger partial charge is 0.508 e. The van der Waals surface area contributed by atoms with Crippen molar-refractivity contribution in [2.24, 2.45) is 10.4 Å². The van der Waals surface area contributed by atoms with Gasteiger partial charge in [-0.15, -0.1) is 0 Å². The van der Waals surface area contributed by atoms with Crippen molar-refractivity contribution in [3.63, 3.8) is 0 Å². The normalized spacial score (nSPS) is 17.4. The molecule has 2 unspecified atom stereocenters. The van der Waals surface area contributed by atoms with Gasteiger partial charge in [-0.2, -0.15) is 0 Å². The lowest BCUT2D eigenvalue weighted by Crippen LogP contribution is -2.32. The lowest BCUT2D eigenvalue weighted by Gasteiger charge is -2.26. The number of rotatable bonds is 7. The third-order valence-electron chi connectivity index (χ3n) is 5.35. The molecule has 2 aromatic carbocycles. The molecule has 3 N–H and O–H groups in total. The van der Waals surface area contributed by atoms with Crippen LogP contribution in [-0.2, 0) is 4.79 Å². The van der Waals surface area contributed by atoms with Crippen molar-refractivity contribution in [2.75, 3.05) is 0 Å². The lowest BCUT2D eigenvalue weighted by molar-refractivity contribution is -0.109. The van der Waals surface area contributed by atoms with Gasteiger partial charge in [0, 0.05) is 22.2 Å². The Morgan fingerprint density at radius 1 is 1.22 bits per heavy atom. The summed E-state index contributed by atoms with van der Waals surface area (Å²) in [6.45, 7) is 10.4. The molecule has 7 heteroatoms. The van der Waals surface area contributed by atoms with Gasteiger partial charge in [0.05, 0.1) is 5.56 Å². The maximum Gasteiger partial charge on any atom is 0.335 e. The number of carboxylic acids is 1. The molecule has 32 heavy (non-hydrogen) atoms. The van der Waals surface area contributed by atoms with E-state index in [0.717, 1.165) is 18.4 Å². The second-order valence-corrected chi connectivity index (χ2v) is 9.61. The number of aliphatic imine (C=N–C) groups is 1. The van der Waals surface area contributed by atoms with Crippen LogP contribution in [0.25, 0.3) is 0 Å². The first-order valence-electron chi connectivity index (χ1n) is 10.3. The average molecular weight is 455 g/mol. The van der Waals surface area contributed by atoms with Crippen molar-refractivity contribution < 1.29 is 19.8 Å². The molecule has 1 heterocycles. The molecule has 0 aliphatic carbocycles. The second-order valence-electron chi connectivity index (χ2n) is 9.18. The summed E-state index contributed by atoms with van der Waals surface area (Å²) in [5.41, 5.74) is 2.15. The number of aromatic hydroxyl groups is 1. The SMILES string of the molecule is C=C1C(=O)C(c2cc(O)cc(Cl)c2)=NC1NC(CCC(C)(C)C)c1ccc(C(=O)O)cc1. The summed E-state index contributed by atoms with van der Waals surface area (Å²) in [6, 6.07) is 10.9. The summed E-state index contributed by atoms with van der Waals surface area (Å²) in [5, 5.41) is 22.7. The topological polar surface area (TPSA) is 99.0 Å². The van der Waals surface area contributed by atoms with Crippen LogP contribution in [0.5, 0.6) is 5.75 Å². The predicted octanol–water partition coefficient (Wildman–Crippen LogP) is 5.16. The van der Waals surface area contributed by atoms with Gasteiger partial charge in [-0.05, 0) is 54.2 Å². The van der Waals surface area contributed by atoms with E-state index in [-0.39, 0.29) is 34.3 Å². The van der Waals surface area contributed by atoms with E-state index in [1.54, 1.807) is 30.3 Å². The minimum Gasteiger partial charge on any atom is -0.508 e. The van der Waals surface area contributed by atoms with Crippen molar-refractivity contribution in [1.29, 1.82) is 0 Å².